The smallest absolute Gasteiger partial charge is 0.130 e. The van der Waals surface area contributed by atoms with Crippen LogP contribution in [0.15, 0.2) is 41.4 Å². The minimum absolute atomic E-state index is 0.884. The number of nitrogens with zero attached hydrogens (tertiary/aromatic N) is 2. The van der Waals surface area contributed by atoms with E-state index in [1.165, 1.54) is 0 Å². The molecule has 0 aromatic heterocycles. The summed E-state index contributed by atoms with van der Waals surface area (Å²) >= 11 is 0. The first-order valence-electron chi connectivity index (χ1n) is 7.60. The van der Waals surface area contributed by atoms with Gasteiger partial charge in [0.1, 0.15) is 11.5 Å². The largest absolute Gasteiger partial charge is 0.457 e. The lowest BCUT2D eigenvalue weighted by molar-refractivity contribution is 0.475. The second kappa shape index (κ2) is 7.12. The van der Waals surface area contributed by atoms with Gasteiger partial charge in [-0.2, -0.15) is 0 Å². The van der Waals surface area contributed by atoms with Crippen molar-refractivity contribution in [3.63, 3.8) is 0 Å². The topological polar surface area (TPSA) is 24.8 Å². The molecule has 0 N–H and O–H groups in total. The van der Waals surface area contributed by atoms with Crippen molar-refractivity contribution < 1.29 is 4.74 Å². The number of rotatable bonds is 5. The van der Waals surface area contributed by atoms with E-state index in [2.05, 4.69) is 50.9 Å². The predicted octanol–water partition coefficient (Wildman–Crippen LogP) is 5.02. The normalized spacial score (nSPS) is 11.0. The predicted molar refractivity (Wildman–Crippen MR) is 93.6 cm³/mol. The van der Waals surface area contributed by atoms with E-state index in [1.54, 1.807) is 0 Å². The summed E-state index contributed by atoms with van der Waals surface area (Å²) in [5.41, 5.74) is 4.30. The van der Waals surface area contributed by atoms with E-state index in [9.17, 15) is 0 Å². The van der Waals surface area contributed by atoms with Crippen LogP contribution in [0.5, 0.6) is 11.5 Å². The summed E-state index contributed by atoms with van der Waals surface area (Å²) in [4.78, 5) is 6.60. The molecule has 0 aliphatic rings. The number of benzene rings is 2. The molecule has 116 valence electrons. The van der Waals surface area contributed by atoms with Crippen LogP contribution in [0.3, 0.4) is 0 Å². The van der Waals surface area contributed by atoms with Crippen LogP contribution in [0.4, 0.5) is 5.69 Å². The summed E-state index contributed by atoms with van der Waals surface area (Å²) < 4.78 is 6.06. The Morgan fingerprint density at radius 2 is 1.73 bits per heavy atom. The molecule has 3 heteroatoms. The van der Waals surface area contributed by atoms with Gasteiger partial charge in [-0.05, 0) is 62.6 Å². The minimum atomic E-state index is 0.884. The average molecular weight is 296 g/mol. The molecule has 3 nitrogen and oxygen atoms in total. The molecule has 0 bridgehead atoms. The summed E-state index contributed by atoms with van der Waals surface area (Å²) in [5.74, 6) is 1.78. The highest BCUT2D eigenvalue weighted by Gasteiger charge is 2.07. The van der Waals surface area contributed by atoms with Gasteiger partial charge in [-0.1, -0.05) is 18.2 Å². The maximum atomic E-state index is 6.06. The number of aryl methyl sites for hydroxylation is 3. The van der Waals surface area contributed by atoms with Crippen LogP contribution >= 0.6 is 0 Å². The molecule has 0 saturated heterocycles. The highest BCUT2D eigenvalue weighted by atomic mass is 16.5. The Balaban J connectivity index is 2.27. The lowest BCUT2D eigenvalue weighted by Gasteiger charge is -2.13. The Labute approximate surface area is 133 Å². The van der Waals surface area contributed by atoms with Crippen LogP contribution in [-0.4, -0.2) is 24.8 Å². The van der Waals surface area contributed by atoms with Gasteiger partial charge in [-0.15, -0.1) is 0 Å². The second-order valence-corrected chi connectivity index (χ2v) is 5.59. The fraction of sp³-hybridized carbons (Fsp3) is 0.316. The second-order valence-electron chi connectivity index (χ2n) is 5.59. The number of hydrogen-bond acceptors (Lipinski definition) is 2. The Morgan fingerprint density at radius 1 is 1.00 bits per heavy atom. The Bertz CT molecular complexity index is 677. The third kappa shape index (κ3) is 3.88. The number of hydrogen-bond donors (Lipinski definition) is 0. The van der Waals surface area contributed by atoms with Crippen molar-refractivity contribution in [2.24, 2.45) is 4.99 Å². The highest BCUT2D eigenvalue weighted by Crippen LogP contribution is 2.32. The highest BCUT2D eigenvalue weighted by molar-refractivity contribution is 5.64. The third-order valence-corrected chi connectivity index (χ3v) is 3.70. The molecule has 0 aliphatic carbocycles. The lowest BCUT2D eigenvalue weighted by Crippen LogP contribution is -2.14. The minimum Gasteiger partial charge on any atom is -0.457 e. The summed E-state index contributed by atoms with van der Waals surface area (Å²) in [6.45, 7) is 9.20. The van der Waals surface area contributed by atoms with E-state index in [0.29, 0.717) is 0 Å². The van der Waals surface area contributed by atoms with Crippen molar-refractivity contribution in [2.45, 2.75) is 27.7 Å². The van der Waals surface area contributed by atoms with Gasteiger partial charge >= 0.3 is 0 Å². The van der Waals surface area contributed by atoms with Gasteiger partial charge in [0.05, 0.1) is 12.0 Å². The van der Waals surface area contributed by atoms with Gasteiger partial charge in [-0.3, -0.25) is 0 Å². The molecule has 22 heavy (non-hydrogen) atoms. The molecule has 0 aliphatic heterocycles. The maximum absolute atomic E-state index is 6.06. The Hall–Kier alpha value is -2.29. The zero-order valence-electron chi connectivity index (χ0n) is 14.1. The van der Waals surface area contributed by atoms with Gasteiger partial charge in [-0.25, -0.2) is 4.99 Å². The standard InChI is InChI=1S/C19H24N2O/c1-6-21(5)13-20-17-11-16(4)19(12-15(17)3)22-18-10-8-7-9-14(18)2/h7-13H,6H2,1-5H3/b20-13+. The Kier molecular flexibility index (Phi) is 5.21. The fourth-order valence-electron chi connectivity index (χ4n) is 2.06. The van der Waals surface area contributed by atoms with Crippen molar-refractivity contribution >= 4 is 12.0 Å². The molecular weight excluding hydrogens is 272 g/mol. The van der Waals surface area contributed by atoms with Crippen molar-refractivity contribution in [3.8, 4) is 11.5 Å². The van der Waals surface area contributed by atoms with Gasteiger partial charge in [0.25, 0.3) is 0 Å². The molecule has 0 amide bonds. The van der Waals surface area contributed by atoms with E-state index in [-0.39, 0.29) is 0 Å². The summed E-state index contributed by atoms with van der Waals surface area (Å²) in [7, 11) is 2.02. The van der Waals surface area contributed by atoms with E-state index in [4.69, 9.17) is 4.74 Å². The van der Waals surface area contributed by atoms with Crippen LogP contribution in [0, 0.1) is 20.8 Å². The summed E-state index contributed by atoms with van der Waals surface area (Å²) in [5, 5.41) is 0. The zero-order valence-corrected chi connectivity index (χ0v) is 14.1. The first-order chi connectivity index (χ1) is 10.5. The van der Waals surface area contributed by atoms with E-state index < -0.39 is 0 Å². The van der Waals surface area contributed by atoms with E-state index in [1.807, 2.05) is 36.5 Å². The van der Waals surface area contributed by atoms with Crippen molar-refractivity contribution in [2.75, 3.05) is 13.6 Å². The third-order valence-electron chi connectivity index (χ3n) is 3.70. The summed E-state index contributed by atoms with van der Waals surface area (Å²) in [6.07, 6.45) is 1.86. The molecule has 2 aromatic rings. The molecule has 0 radical (unpaired) electrons. The Morgan fingerprint density at radius 3 is 2.41 bits per heavy atom. The number of para-hydroxylation sites is 1. The number of ether oxygens (including phenoxy) is 1. The first kappa shape index (κ1) is 16.1. The SMILES string of the molecule is CCN(C)/C=N/c1cc(C)c(Oc2ccccc2C)cc1C. The molecule has 0 saturated carbocycles. The first-order valence-corrected chi connectivity index (χ1v) is 7.60. The van der Waals surface area contributed by atoms with Gasteiger partial charge in [0, 0.05) is 13.6 Å². The van der Waals surface area contributed by atoms with E-state index >= 15 is 0 Å². The van der Waals surface area contributed by atoms with Crippen LogP contribution in [-0.2, 0) is 0 Å². The van der Waals surface area contributed by atoms with Crippen LogP contribution < -0.4 is 4.74 Å². The lowest BCUT2D eigenvalue weighted by atomic mass is 10.1. The number of aliphatic imine (C=N–C) groups is 1. The molecule has 2 aromatic carbocycles. The monoisotopic (exact) mass is 296 g/mol. The zero-order chi connectivity index (χ0) is 16.1. The quantitative estimate of drug-likeness (QED) is 0.572. The molecule has 0 atom stereocenters. The van der Waals surface area contributed by atoms with Crippen LogP contribution in [0.1, 0.15) is 23.6 Å². The molecular formula is C19H24N2O. The molecule has 0 heterocycles. The molecule has 0 fully saturated rings. The molecule has 2 rings (SSSR count). The van der Waals surface area contributed by atoms with Crippen molar-refractivity contribution in [1.29, 1.82) is 0 Å². The van der Waals surface area contributed by atoms with Gasteiger partial charge in [0.15, 0.2) is 0 Å². The molecule has 0 spiro atoms. The molecule has 0 unspecified atom stereocenters. The van der Waals surface area contributed by atoms with Gasteiger partial charge < -0.3 is 9.64 Å². The van der Waals surface area contributed by atoms with Crippen molar-refractivity contribution in [3.05, 3.63) is 53.1 Å². The van der Waals surface area contributed by atoms with Crippen LogP contribution in [0.25, 0.3) is 0 Å². The summed E-state index contributed by atoms with van der Waals surface area (Å²) in [6, 6.07) is 12.2. The van der Waals surface area contributed by atoms with E-state index in [0.717, 1.165) is 40.4 Å². The van der Waals surface area contributed by atoms with Gasteiger partial charge in [0.2, 0.25) is 0 Å². The van der Waals surface area contributed by atoms with Crippen LogP contribution in [0.2, 0.25) is 0 Å². The maximum Gasteiger partial charge on any atom is 0.130 e. The fourth-order valence-corrected chi connectivity index (χ4v) is 2.06. The van der Waals surface area contributed by atoms with Crippen molar-refractivity contribution in [1.82, 2.24) is 4.90 Å². The average Bonchev–Trinajstić information content (AvgIpc) is 2.51.